The minimum absolute atomic E-state index is 0.0153. The lowest BCUT2D eigenvalue weighted by molar-refractivity contribution is -0.137. The lowest BCUT2D eigenvalue weighted by Gasteiger charge is -2.19. The van der Waals surface area contributed by atoms with Crippen LogP contribution in [-0.4, -0.2) is 36.5 Å². The van der Waals surface area contributed by atoms with Crippen LogP contribution in [0.2, 0.25) is 0 Å². The van der Waals surface area contributed by atoms with Gasteiger partial charge in [-0.15, -0.1) is 0 Å². The maximum atomic E-state index is 14.2. The third kappa shape index (κ3) is 4.31. The molecule has 2 aromatic carbocycles. The van der Waals surface area contributed by atoms with Crippen molar-refractivity contribution < 1.29 is 26.5 Å². The average molecular weight is 525 g/mol. The molecule has 13 heteroatoms. The SMILES string of the molecule is Fc1cccc(-c2nc3c([nH]2)CN(Cc2cc(-c4ccc(-c5cn[nH]c5)cc4C(F)(F)F)no2)N=C3)c1F. The van der Waals surface area contributed by atoms with Crippen molar-refractivity contribution in [2.45, 2.75) is 19.3 Å². The average Bonchev–Trinajstić information content (AvgIpc) is 3.66. The van der Waals surface area contributed by atoms with E-state index < -0.39 is 23.4 Å². The molecule has 0 saturated carbocycles. The third-order valence-corrected chi connectivity index (χ3v) is 6.03. The van der Waals surface area contributed by atoms with Gasteiger partial charge >= 0.3 is 6.18 Å². The Hall–Kier alpha value is -4.81. The van der Waals surface area contributed by atoms with Crippen LogP contribution in [0.5, 0.6) is 0 Å². The van der Waals surface area contributed by atoms with Crippen molar-refractivity contribution >= 4 is 6.21 Å². The first-order valence-electron chi connectivity index (χ1n) is 11.2. The van der Waals surface area contributed by atoms with Crippen molar-refractivity contribution in [3.05, 3.63) is 89.2 Å². The lowest BCUT2D eigenvalue weighted by Crippen LogP contribution is -2.21. The molecule has 0 radical (unpaired) electrons. The van der Waals surface area contributed by atoms with E-state index in [2.05, 4.69) is 30.4 Å². The Morgan fingerprint density at radius 1 is 1.03 bits per heavy atom. The summed E-state index contributed by atoms with van der Waals surface area (Å²) in [6.45, 7) is 0.319. The smallest absolute Gasteiger partial charge is 0.359 e. The summed E-state index contributed by atoms with van der Waals surface area (Å²) in [6, 6.07) is 9.17. The van der Waals surface area contributed by atoms with Crippen LogP contribution in [0.4, 0.5) is 22.0 Å². The monoisotopic (exact) mass is 525 g/mol. The maximum Gasteiger partial charge on any atom is 0.417 e. The zero-order chi connectivity index (χ0) is 26.4. The molecule has 0 amide bonds. The molecule has 38 heavy (non-hydrogen) atoms. The largest absolute Gasteiger partial charge is 0.417 e. The van der Waals surface area contributed by atoms with Crippen molar-refractivity contribution in [2.75, 3.05) is 0 Å². The van der Waals surface area contributed by atoms with E-state index in [1.165, 1.54) is 42.9 Å². The Bertz CT molecular complexity index is 1650. The molecule has 1 aliphatic rings. The minimum Gasteiger partial charge on any atom is -0.359 e. The van der Waals surface area contributed by atoms with Crippen molar-refractivity contribution in [1.82, 2.24) is 30.3 Å². The molecular formula is C25H16F5N7O. The molecule has 0 aliphatic carbocycles. The lowest BCUT2D eigenvalue weighted by atomic mass is 9.98. The summed E-state index contributed by atoms with van der Waals surface area (Å²) in [7, 11) is 0. The van der Waals surface area contributed by atoms with Gasteiger partial charge in [0.1, 0.15) is 17.2 Å². The van der Waals surface area contributed by atoms with Gasteiger partial charge in [-0.05, 0) is 23.8 Å². The molecule has 2 N–H and O–H groups in total. The fourth-order valence-corrected chi connectivity index (χ4v) is 4.21. The van der Waals surface area contributed by atoms with Gasteiger partial charge in [0.05, 0.1) is 42.3 Å². The maximum absolute atomic E-state index is 14.2. The van der Waals surface area contributed by atoms with Gasteiger partial charge < -0.3 is 9.51 Å². The van der Waals surface area contributed by atoms with Crippen LogP contribution in [0.1, 0.15) is 22.7 Å². The molecule has 192 valence electrons. The van der Waals surface area contributed by atoms with Crippen LogP contribution in [0.15, 0.2) is 64.5 Å². The Kier molecular flexibility index (Phi) is 5.55. The number of halogens is 5. The van der Waals surface area contributed by atoms with E-state index in [-0.39, 0.29) is 41.5 Å². The number of nitrogens with one attached hydrogen (secondary N) is 2. The number of fused-ring (bicyclic) bond motifs is 1. The van der Waals surface area contributed by atoms with E-state index in [0.29, 0.717) is 22.5 Å². The summed E-state index contributed by atoms with van der Waals surface area (Å²) >= 11 is 0. The predicted molar refractivity (Wildman–Crippen MR) is 125 cm³/mol. The van der Waals surface area contributed by atoms with Crippen LogP contribution >= 0.6 is 0 Å². The summed E-state index contributed by atoms with van der Waals surface area (Å²) < 4.78 is 74.8. The van der Waals surface area contributed by atoms with E-state index in [9.17, 15) is 22.0 Å². The van der Waals surface area contributed by atoms with E-state index in [4.69, 9.17) is 4.52 Å². The summed E-state index contributed by atoms with van der Waals surface area (Å²) in [4.78, 5) is 7.26. The van der Waals surface area contributed by atoms with Gasteiger partial charge in [0.2, 0.25) is 0 Å². The molecule has 4 heterocycles. The molecule has 0 saturated heterocycles. The van der Waals surface area contributed by atoms with Crippen molar-refractivity contribution in [1.29, 1.82) is 0 Å². The van der Waals surface area contributed by atoms with E-state index >= 15 is 0 Å². The third-order valence-electron chi connectivity index (χ3n) is 6.03. The molecule has 8 nitrogen and oxygen atoms in total. The van der Waals surface area contributed by atoms with Crippen LogP contribution in [0, 0.1) is 11.6 Å². The van der Waals surface area contributed by atoms with Crippen molar-refractivity contribution in [3.63, 3.8) is 0 Å². The second-order valence-corrected chi connectivity index (χ2v) is 8.54. The summed E-state index contributed by atoms with van der Waals surface area (Å²) in [6.07, 6.45) is -0.235. The number of nitrogens with zero attached hydrogens (tertiary/aromatic N) is 5. The number of benzene rings is 2. The van der Waals surface area contributed by atoms with E-state index in [0.717, 1.165) is 12.1 Å². The van der Waals surface area contributed by atoms with Gasteiger partial charge in [0, 0.05) is 23.4 Å². The highest BCUT2D eigenvalue weighted by Crippen LogP contribution is 2.39. The van der Waals surface area contributed by atoms with Crippen molar-refractivity contribution in [3.8, 4) is 33.8 Å². The molecule has 0 bridgehead atoms. The number of hydrogen-bond acceptors (Lipinski definition) is 6. The molecule has 5 aromatic rings. The summed E-state index contributed by atoms with van der Waals surface area (Å²) in [5.41, 5.74) is 0.974. The predicted octanol–water partition coefficient (Wildman–Crippen LogP) is 5.77. The number of hydrogen-bond donors (Lipinski definition) is 2. The van der Waals surface area contributed by atoms with Crippen molar-refractivity contribution in [2.24, 2.45) is 5.10 Å². The van der Waals surface area contributed by atoms with Crippen LogP contribution < -0.4 is 0 Å². The second kappa shape index (κ2) is 8.94. The number of aromatic nitrogens is 5. The zero-order valence-electron chi connectivity index (χ0n) is 19.2. The Balaban J connectivity index is 1.22. The normalized spacial score (nSPS) is 13.2. The Morgan fingerprint density at radius 3 is 2.68 bits per heavy atom. The van der Waals surface area contributed by atoms with Gasteiger partial charge in [0.15, 0.2) is 17.4 Å². The Labute approximate surface area is 210 Å². The second-order valence-electron chi connectivity index (χ2n) is 8.54. The van der Waals surface area contributed by atoms with Crippen LogP contribution in [0.25, 0.3) is 33.8 Å². The molecule has 0 spiro atoms. The number of aromatic amines is 2. The topological polar surface area (TPSA) is 99.0 Å². The van der Waals surface area contributed by atoms with E-state index in [1.807, 2.05) is 0 Å². The van der Waals surface area contributed by atoms with Gasteiger partial charge in [-0.1, -0.05) is 23.4 Å². The highest BCUT2D eigenvalue weighted by Gasteiger charge is 2.35. The fraction of sp³-hybridized carbons (Fsp3) is 0.120. The standard InChI is InChI=1S/C25H16F5N7O/c26-19-3-1-2-17(23(19)27)24-34-21-10-33-37(12-22(21)35-24)11-15-7-20(36-38-15)16-5-4-13(14-8-31-32-9-14)6-18(16)25(28,29)30/h1-10H,11-12H2,(H,31,32)(H,34,35). The minimum atomic E-state index is -4.62. The summed E-state index contributed by atoms with van der Waals surface area (Å²) in [5.74, 6) is -1.57. The molecule has 1 aliphatic heterocycles. The number of hydrazone groups is 1. The zero-order valence-corrected chi connectivity index (χ0v) is 19.2. The molecule has 0 atom stereocenters. The number of rotatable bonds is 5. The number of imidazole rings is 1. The highest BCUT2D eigenvalue weighted by molar-refractivity contribution is 5.81. The molecule has 3 aromatic heterocycles. The first kappa shape index (κ1) is 23.6. The van der Waals surface area contributed by atoms with E-state index in [1.54, 1.807) is 11.1 Å². The Morgan fingerprint density at radius 2 is 1.89 bits per heavy atom. The van der Waals surface area contributed by atoms with Gasteiger partial charge in [-0.3, -0.25) is 10.1 Å². The number of H-pyrrole nitrogens is 2. The molecule has 6 rings (SSSR count). The first-order chi connectivity index (χ1) is 18.3. The first-order valence-corrected chi connectivity index (χ1v) is 11.2. The van der Waals surface area contributed by atoms with Gasteiger partial charge in [0.25, 0.3) is 0 Å². The quantitative estimate of drug-likeness (QED) is 0.284. The van der Waals surface area contributed by atoms with Gasteiger partial charge in [-0.25, -0.2) is 13.8 Å². The molecule has 0 unspecified atom stereocenters. The number of alkyl halides is 3. The summed E-state index contributed by atoms with van der Waals surface area (Å²) in [5, 5.41) is 16.1. The molecular weight excluding hydrogens is 509 g/mol. The molecule has 0 fully saturated rings. The fourth-order valence-electron chi connectivity index (χ4n) is 4.21. The van der Waals surface area contributed by atoms with Gasteiger partial charge in [-0.2, -0.15) is 23.4 Å². The highest BCUT2D eigenvalue weighted by atomic mass is 19.4. The van der Waals surface area contributed by atoms with Crippen LogP contribution in [-0.2, 0) is 19.3 Å². The van der Waals surface area contributed by atoms with Crippen LogP contribution in [0.3, 0.4) is 0 Å².